The van der Waals surface area contributed by atoms with E-state index in [0.29, 0.717) is 37.2 Å². The number of esters is 2. The number of aliphatic hydroxyl groups excluding tert-OH is 2. The minimum absolute atomic E-state index is 0.00447. The first-order valence-corrected chi connectivity index (χ1v) is 22.6. The molecule has 7 nitrogen and oxygen atoms in total. The maximum absolute atomic E-state index is 12.6. The van der Waals surface area contributed by atoms with E-state index in [4.69, 9.17) is 25.8 Å². The van der Waals surface area contributed by atoms with Gasteiger partial charge in [0.05, 0.1) is 24.4 Å². The van der Waals surface area contributed by atoms with Crippen molar-refractivity contribution < 1.29 is 34.0 Å². The van der Waals surface area contributed by atoms with Gasteiger partial charge in [-0.05, 0) is 87.3 Å². The number of hydrogen-bond donors (Lipinski definition) is 2. The number of carbonyl (C=O) groups is 2. The molecule has 0 bridgehead atoms. The zero-order valence-electron chi connectivity index (χ0n) is 34.4. The Bertz CT molecular complexity index is 1240. The number of carbonyl (C=O) groups excluding carboxylic acids is 2. The lowest BCUT2D eigenvalue weighted by Gasteiger charge is -2.45. The summed E-state index contributed by atoms with van der Waals surface area (Å²) >= 11 is 6.63. The van der Waals surface area contributed by atoms with Crippen LogP contribution in [0.2, 0.25) is 0 Å². The minimum Gasteiger partial charge on any atom is -0.494 e. The number of halogens is 1. The lowest BCUT2D eigenvalue weighted by molar-refractivity contribution is -0.144. The summed E-state index contributed by atoms with van der Waals surface area (Å²) in [5.74, 6) is -0.0205. The molecule has 1 aromatic rings. The zero-order chi connectivity index (χ0) is 39.6. The van der Waals surface area contributed by atoms with Gasteiger partial charge in [-0.2, -0.15) is 0 Å². The maximum atomic E-state index is 12.6. The Kier molecular flexibility index (Phi) is 24.0. The smallest absolute Gasteiger partial charge is 0.338 e. The second-order valence-corrected chi connectivity index (χ2v) is 16.8. The maximum Gasteiger partial charge on any atom is 0.338 e. The van der Waals surface area contributed by atoms with Gasteiger partial charge in [-0.1, -0.05) is 134 Å². The second kappa shape index (κ2) is 28.1. The van der Waals surface area contributed by atoms with Gasteiger partial charge in [0.15, 0.2) is 0 Å². The summed E-state index contributed by atoms with van der Waals surface area (Å²) in [5, 5.41) is 21.3. The first kappa shape index (κ1) is 47.0. The standard InChI is InChI=1S/C47H75ClO7/c1-3-5-6-7-8-9-10-11-12-13-14-15-18-21-33-53-39-26-22-25-38(36-39)46(52)55-35-34-54-45(51)30-20-17-16-19-27-40-41(43(49)37-42(40)48)28-23-29-44(50)47(4-2)31-24-32-47/h16,19,22-23,25-26,28,36,40-44,49-50H,3-15,17-18,20-21,24,27,29-35,37H2,1-2H3/b19-16-,28-23+/t40-,41+,42+,43-,44+/m1/s1. The van der Waals surface area contributed by atoms with Gasteiger partial charge >= 0.3 is 11.9 Å². The first-order valence-electron chi connectivity index (χ1n) is 22.2. The monoisotopic (exact) mass is 787 g/mol. The molecule has 0 heterocycles. The van der Waals surface area contributed by atoms with Crippen molar-refractivity contribution in [2.24, 2.45) is 17.3 Å². The molecule has 312 valence electrons. The van der Waals surface area contributed by atoms with Gasteiger partial charge in [-0.3, -0.25) is 4.79 Å². The van der Waals surface area contributed by atoms with Crippen LogP contribution in [-0.4, -0.2) is 59.6 Å². The predicted octanol–water partition coefficient (Wildman–Crippen LogP) is 11.9. The van der Waals surface area contributed by atoms with Crippen molar-refractivity contribution in [1.29, 1.82) is 0 Å². The SMILES string of the molecule is CCCCCCCCCCCCCCCCOc1cccc(C(=O)OCCOC(=O)CCC/C=C\C[C@@H]2[C@H](/C=C/C[C@H](O)C3(CC)CCC3)[C@H](O)C[C@@H]2Cl)c1. The van der Waals surface area contributed by atoms with E-state index in [2.05, 4.69) is 32.1 Å². The van der Waals surface area contributed by atoms with Crippen molar-refractivity contribution in [1.82, 2.24) is 0 Å². The van der Waals surface area contributed by atoms with Crippen LogP contribution in [-0.2, 0) is 14.3 Å². The molecule has 2 aliphatic carbocycles. The van der Waals surface area contributed by atoms with Crippen molar-refractivity contribution in [3.63, 3.8) is 0 Å². The summed E-state index contributed by atoms with van der Waals surface area (Å²) in [5.41, 5.74) is 0.488. The number of hydrogen-bond acceptors (Lipinski definition) is 7. The lowest BCUT2D eigenvalue weighted by atomic mass is 9.63. The molecule has 2 aliphatic rings. The molecule has 2 fully saturated rings. The van der Waals surface area contributed by atoms with E-state index in [0.717, 1.165) is 44.9 Å². The average molecular weight is 788 g/mol. The van der Waals surface area contributed by atoms with Crippen LogP contribution >= 0.6 is 11.6 Å². The van der Waals surface area contributed by atoms with Crippen LogP contribution in [0, 0.1) is 17.3 Å². The van der Waals surface area contributed by atoms with Gasteiger partial charge in [0.25, 0.3) is 0 Å². The molecule has 1 aromatic carbocycles. The fraction of sp³-hybridized carbons (Fsp3) is 0.745. The molecule has 3 rings (SSSR count). The number of benzene rings is 1. The quantitative estimate of drug-likeness (QED) is 0.0334. The highest BCUT2D eigenvalue weighted by Gasteiger charge is 2.42. The van der Waals surface area contributed by atoms with E-state index in [9.17, 15) is 19.8 Å². The van der Waals surface area contributed by atoms with Crippen molar-refractivity contribution >= 4 is 23.5 Å². The molecule has 0 spiro atoms. The Hall–Kier alpha value is -2.35. The van der Waals surface area contributed by atoms with Crippen LogP contribution < -0.4 is 4.74 Å². The number of unbranched alkanes of at least 4 members (excludes halogenated alkanes) is 14. The topological polar surface area (TPSA) is 102 Å². The molecule has 0 aromatic heterocycles. The Morgan fingerprint density at radius 2 is 1.51 bits per heavy atom. The highest BCUT2D eigenvalue weighted by atomic mass is 35.5. The molecule has 0 amide bonds. The molecule has 0 radical (unpaired) electrons. The van der Waals surface area contributed by atoms with Gasteiger partial charge in [-0.25, -0.2) is 4.79 Å². The van der Waals surface area contributed by atoms with E-state index in [1.165, 1.54) is 83.5 Å². The van der Waals surface area contributed by atoms with Crippen LogP contribution in [0.25, 0.3) is 0 Å². The third kappa shape index (κ3) is 18.2. The summed E-state index contributed by atoms with van der Waals surface area (Å²) in [4.78, 5) is 24.8. The second-order valence-electron chi connectivity index (χ2n) is 16.2. The Morgan fingerprint density at radius 3 is 2.15 bits per heavy atom. The van der Waals surface area contributed by atoms with Crippen molar-refractivity contribution in [3.05, 3.63) is 54.1 Å². The largest absolute Gasteiger partial charge is 0.494 e. The van der Waals surface area contributed by atoms with E-state index in [1.54, 1.807) is 18.2 Å². The number of allylic oxidation sites excluding steroid dienone is 2. The van der Waals surface area contributed by atoms with E-state index >= 15 is 0 Å². The predicted molar refractivity (Wildman–Crippen MR) is 225 cm³/mol. The number of ether oxygens (including phenoxy) is 3. The van der Waals surface area contributed by atoms with Crippen LogP contribution in [0.1, 0.15) is 178 Å². The average Bonchev–Trinajstić information content (AvgIpc) is 3.43. The van der Waals surface area contributed by atoms with Gasteiger partial charge in [0, 0.05) is 17.7 Å². The third-order valence-electron chi connectivity index (χ3n) is 12.1. The normalized spacial score (nSPS) is 21.2. The number of aliphatic hydroxyl groups is 2. The van der Waals surface area contributed by atoms with Gasteiger partial charge < -0.3 is 24.4 Å². The van der Waals surface area contributed by atoms with Gasteiger partial charge in [0.2, 0.25) is 0 Å². The third-order valence-corrected chi connectivity index (χ3v) is 12.6. The fourth-order valence-corrected chi connectivity index (χ4v) is 8.67. The summed E-state index contributed by atoms with van der Waals surface area (Å²) in [6, 6.07) is 7.04. The van der Waals surface area contributed by atoms with Crippen LogP contribution in [0.15, 0.2) is 48.6 Å². The Morgan fingerprint density at radius 1 is 0.855 bits per heavy atom. The van der Waals surface area contributed by atoms with Crippen molar-refractivity contribution in [2.75, 3.05) is 19.8 Å². The van der Waals surface area contributed by atoms with Gasteiger partial charge in [-0.15, -0.1) is 11.6 Å². The summed E-state index contributed by atoms with van der Waals surface area (Å²) < 4.78 is 16.5. The molecule has 0 unspecified atom stereocenters. The Balaban J connectivity index is 1.18. The van der Waals surface area contributed by atoms with Gasteiger partial charge in [0.1, 0.15) is 19.0 Å². The molecule has 2 N–H and O–H groups in total. The summed E-state index contributed by atoms with van der Waals surface area (Å²) in [7, 11) is 0. The molecule has 8 heteroatoms. The molecule has 0 saturated heterocycles. The molecule has 5 atom stereocenters. The van der Waals surface area contributed by atoms with Crippen LogP contribution in [0.3, 0.4) is 0 Å². The van der Waals surface area contributed by atoms with E-state index < -0.39 is 12.1 Å². The van der Waals surface area contributed by atoms with E-state index in [-0.39, 0.29) is 54.3 Å². The highest BCUT2D eigenvalue weighted by Crippen LogP contribution is 2.48. The summed E-state index contributed by atoms with van der Waals surface area (Å²) in [6.07, 6.45) is 33.9. The van der Waals surface area contributed by atoms with E-state index in [1.807, 2.05) is 12.1 Å². The van der Waals surface area contributed by atoms with Crippen LogP contribution in [0.5, 0.6) is 5.75 Å². The molecular weight excluding hydrogens is 712 g/mol. The number of rotatable bonds is 31. The minimum atomic E-state index is -0.472. The van der Waals surface area contributed by atoms with Crippen molar-refractivity contribution in [2.45, 2.75) is 186 Å². The Labute approximate surface area is 339 Å². The highest BCUT2D eigenvalue weighted by molar-refractivity contribution is 6.21. The van der Waals surface area contributed by atoms with Crippen molar-refractivity contribution in [3.8, 4) is 5.75 Å². The molecule has 2 saturated carbocycles. The zero-order valence-corrected chi connectivity index (χ0v) is 35.2. The molecule has 55 heavy (non-hydrogen) atoms. The fourth-order valence-electron chi connectivity index (χ4n) is 8.21. The van der Waals surface area contributed by atoms with Crippen LogP contribution in [0.4, 0.5) is 0 Å². The summed E-state index contributed by atoms with van der Waals surface area (Å²) in [6.45, 7) is 5.07. The molecule has 0 aliphatic heterocycles. The lowest BCUT2D eigenvalue weighted by Crippen LogP contribution is -2.40. The molecular formula is C47H75ClO7. The number of alkyl halides is 1. The first-order chi connectivity index (χ1) is 26.8.